The standard InChI is InChI=1S/C16H24O3.C4H9N.C2H6/c1-17-15-9-8-13(12-16(15)18-2)10-11-19-14-6-4-3-5-7-14;1-2-4-5-3-1;1-2/h8-9,12,14H,3-7,10-11H2,1-2H3;5H,1-4H2;1-2H3. The third-order valence-corrected chi connectivity index (χ3v) is 4.70. The number of hydrogen-bond acceptors (Lipinski definition) is 4. The highest BCUT2D eigenvalue weighted by Gasteiger charge is 2.13. The van der Waals surface area contributed by atoms with Gasteiger partial charge in [0.25, 0.3) is 0 Å². The van der Waals surface area contributed by atoms with Crippen LogP contribution in [-0.4, -0.2) is 40.0 Å². The molecule has 150 valence electrons. The lowest BCUT2D eigenvalue weighted by Gasteiger charge is -2.22. The summed E-state index contributed by atoms with van der Waals surface area (Å²) in [4.78, 5) is 0. The van der Waals surface area contributed by atoms with Crippen molar-refractivity contribution < 1.29 is 14.2 Å². The highest BCUT2D eigenvalue weighted by molar-refractivity contribution is 5.42. The van der Waals surface area contributed by atoms with Crippen LogP contribution < -0.4 is 14.8 Å². The fourth-order valence-corrected chi connectivity index (χ4v) is 3.24. The Bertz CT molecular complexity index is 447. The zero-order chi connectivity index (χ0) is 19.0. The Kier molecular flexibility index (Phi) is 13.0. The molecule has 4 nitrogen and oxygen atoms in total. The lowest BCUT2D eigenvalue weighted by Crippen LogP contribution is -2.17. The van der Waals surface area contributed by atoms with E-state index in [1.165, 1.54) is 63.6 Å². The largest absolute Gasteiger partial charge is 0.493 e. The first-order chi connectivity index (χ1) is 12.8. The van der Waals surface area contributed by atoms with E-state index in [-0.39, 0.29) is 0 Å². The summed E-state index contributed by atoms with van der Waals surface area (Å²) in [6, 6.07) is 6.06. The SMILES string of the molecule is C1CCNC1.CC.COc1ccc(CCOC2CCCCC2)cc1OC. The molecule has 1 saturated heterocycles. The van der Waals surface area contributed by atoms with E-state index in [4.69, 9.17) is 14.2 Å². The number of methoxy groups -OCH3 is 2. The van der Waals surface area contributed by atoms with Crippen molar-refractivity contribution >= 4 is 0 Å². The van der Waals surface area contributed by atoms with E-state index in [2.05, 4.69) is 11.4 Å². The molecule has 4 heteroatoms. The maximum atomic E-state index is 5.94. The molecule has 1 aromatic carbocycles. The van der Waals surface area contributed by atoms with Crippen LogP contribution in [0.4, 0.5) is 0 Å². The maximum absolute atomic E-state index is 5.94. The Hall–Kier alpha value is -1.26. The van der Waals surface area contributed by atoms with Gasteiger partial charge in [0.05, 0.1) is 26.9 Å². The zero-order valence-corrected chi connectivity index (χ0v) is 17.3. The first-order valence-electron chi connectivity index (χ1n) is 10.4. The van der Waals surface area contributed by atoms with Gasteiger partial charge in [-0.15, -0.1) is 0 Å². The average molecular weight is 366 g/mol. The minimum atomic E-state index is 0.480. The van der Waals surface area contributed by atoms with Gasteiger partial charge in [-0.3, -0.25) is 0 Å². The summed E-state index contributed by atoms with van der Waals surface area (Å²) < 4.78 is 16.5. The molecule has 1 heterocycles. The maximum Gasteiger partial charge on any atom is 0.160 e. The van der Waals surface area contributed by atoms with Crippen molar-refractivity contribution in [3.8, 4) is 11.5 Å². The summed E-state index contributed by atoms with van der Waals surface area (Å²) in [6.07, 6.45) is 10.7. The molecule has 1 saturated carbocycles. The van der Waals surface area contributed by atoms with Gasteiger partial charge in [0.15, 0.2) is 11.5 Å². The van der Waals surface area contributed by atoms with E-state index in [0.29, 0.717) is 6.10 Å². The van der Waals surface area contributed by atoms with Gasteiger partial charge >= 0.3 is 0 Å². The summed E-state index contributed by atoms with van der Waals surface area (Å²) in [7, 11) is 3.32. The molecular formula is C22H39NO3. The van der Waals surface area contributed by atoms with Crippen LogP contribution in [0.2, 0.25) is 0 Å². The molecule has 1 aliphatic carbocycles. The van der Waals surface area contributed by atoms with Gasteiger partial charge in [0.1, 0.15) is 0 Å². The van der Waals surface area contributed by atoms with Crippen molar-refractivity contribution in [2.24, 2.45) is 0 Å². The molecule has 3 rings (SSSR count). The topological polar surface area (TPSA) is 39.7 Å². The molecule has 0 amide bonds. The van der Waals surface area contributed by atoms with Crippen LogP contribution in [0, 0.1) is 0 Å². The molecule has 0 unspecified atom stereocenters. The van der Waals surface area contributed by atoms with Crippen LogP contribution in [0.5, 0.6) is 11.5 Å². The number of rotatable bonds is 6. The fraction of sp³-hybridized carbons (Fsp3) is 0.727. The van der Waals surface area contributed by atoms with Crippen LogP contribution in [-0.2, 0) is 11.2 Å². The van der Waals surface area contributed by atoms with Gasteiger partial charge in [0.2, 0.25) is 0 Å². The van der Waals surface area contributed by atoms with Crippen LogP contribution in [0.15, 0.2) is 18.2 Å². The first-order valence-corrected chi connectivity index (χ1v) is 10.4. The Balaban J connectivity index is 0.000000408. The van der Waals surface area contributed by atoms with Crippen LogP contribution in [0.3, 0.4) is 0 Å². The molecule has 0 atom stereocenters. The monoisotopic (exact) mass is 365 g/mol. The quantitative estimate of drug-likeness (QED) is 0.771. The molecule has 2 fully saturated rings. The number of nitrogens with one attached hydrogen (secondary N) is 1. The normalized spacial score (nSPS) is 16.8. The van der Waals surface area contributed by atoms with Crippen molar-refractivity contribution in [3.63, 3.8) is 0 Å². The lowest BCUT2D eigenvalue weighted by atomic mass is 9.98. The minimum absolute atomic E-state index is 0.480. The van der Waals surface area contributed by atoms with Crippen molar-refractivity contribution in [2.45, 2.75) is 71.3 Å². The van der Waals surface area contributed by atoms with Gasteiger partial charge in [-0.1, -0.05) is 39.2 Å². The lowest BCUT2D eigenvalue weighted by molar-refractivity contribution is 0.0303. The third-order valence-electron chi connectivity index (χ3n) is 4.70. The van der Waals surface area contributed by atoms with Crippen molar-refractivity contribution in [1.29, 1.82) is 0 Å². The summed E-state index contributed by atoms with van der Waals surface area (Å²) in [5, 5.41) is 3.22. The number of hydrogen-bond donors (Lipinski definition) is 1. The van der Waals surface area contributed by atoms with Crippen LogP contribution >= 0.6 is 0 Å². The van der Waals surface area contributed by atoms with Crippen molar-refractivity contribution in [1.82, 2.24) is 5.32 Å². The zero-order valence-electron chi connectivity index (χ0n) is 17.3. The highest BCUT2D eigenvalue weighted by atomic mass is 16.5. The Morgan fingerprint density at radius 3 is 2.08 bits per heavy atom. The molecule has 0 bridgehead atoms. The van der Waals surface area contributed by atoms with E-state index in [1.807, 2.05) is 26.0 Å². The van der Waals surface area contributed by atoms with Gasteiger partial charge in [-0.25, -0.2) is 0 Å². The molecule has 2 aliphatic rings. The van der Waals surface area contributed by atoms with E-state index in [9.17, 15) is 0 Å². The molecular weight excluding hydrogens is 326 g/mol. The second-order valence-corrected chi connectivity index (χ2v) is 6.53. The van der Waals surface area contributed by atoms with E-state index < -0.39 is 0 Å². The summed E-state index contributed by atoms with van der Waals surface area (Å²) in [6.45, 7) is 7.29. The fourth-order valence-electron chi connectivity index (χ4n) is 3.24. The van der Waals surface area contributed by atoms with Gasteiger partial charge < -0.3 is 19.5 Å². The number of benzene rings is 1. The second kappa shape index (κ2) is 14.9. The average Bonchev–Trinajstić information content (AvgIpc) is 3.30. The molecule has 1 aliphatic heterocycles. The van der Waals surface area contributed by atoms with E-state index >= 15 is 0 Å². The Morgan fingerprint density at radius 1 is 0.885 bits per heavy atom. The Morgan fingerprint density at radius 2 is 1.54 bits per heavy atom. The molecule has 1 aromatic rings. The summed E-state index contributed by atoms with van der Waals surface area (Å²) >= 11 is 0. The minimum Gasteiger partial charge on any atom is -0.493 e. The second-order valence-electron chi connectivity index (χ2n) is 6.53. The predicted octanol–water partition coefficient (Wildman–Crippen LogP) is 4.99. The summed E-state index contributed by atoms with van der Waals surface area (Å²) in [5.74, 6) is 1.57. The molecule has 0 aromatic heterocycles. The van der Waals surface area contributed by atoms with Crippen molar-refractivity contribution in [2.75, 3.05) is 33.9 Å². The van der Waals surface area contributed by atoms with Gasteiger partial charge in [0, 0.05) is 0 Å². The smallest absolute Gasteiger partial charge is 0.160 e. The van der Waals surface area contributed by atoms with E-state index in [1.54, 1.807) is 14.2 Å². The molecule has 0 spiro atoms. The third kappa shape index (κ3) is 8.91. The molecule has 26 heavy (non-hydrogen) atoms. The number of ether oxygens (including phenoxy) is 3. The van der Waals surface area contributed by atoms with E-state index in [0.717, 1.165) is 24.5 Å². The highest BCUT2D eigenvalue weighted by Crippen LogP contribution is 2.28. The van der Waals surface area contributed by atoms with Crippen molar-refractivity contribution in [3.05, 3.63) is 23.8 Å². The summed E-state index contributed by atoms with van der Waals surface area (Å²) in [5.41, 5.74) is 1.23. The van der Waals surface area contributed by atoms with Gasteiger partial charge in [-0.2, -0.15) is 0 Å². The van der Waals surface area contributed by atoms with Crippen LogP contribution in [0.25, 0.3) is 0 Å². The Labute approximate surface area is 160 Å². The first kappa shape index (κ1) is 22.8. The van der Waals surface area contributed by atoms with Crippen LogP contribution in [0.1, 0.15) is 64.4 Å². The molecule has 1 N–H and O–H groups in total. The predicted molar refractivity (Wildman–Crippen MR) is 110 cm³/mol. The molecule has 0 radical (unpaired) electrons. The van der Waals surface area contributed by atoms with Gasteiger partial charge in [-0.05, 0) is 62.9 Å².